The van der Waals surface area contributed by atoms with Crippen LogP contribution in [0.3, 0.4) is 0 Å². The molecular formula is C18H19NO4. The number of benzene rings is 2. The van der Waals surface area contributed by atoms with Gasteiger partial charge in [-0.25, -0.2) is 0 Å². The highest BCUT2D eigenvalue weighted by Crippen LogP contribution is 2.35. The van der Waals surface area contributed by atoms with Gasteiger partial charge in [0.1, 0.15) is 28.7 Å². The predicted molar refractivity (Wildman–Crippen MR) is 89.2 cm³/mol. The number of H-pyrrole nitrogens is 1. The van der Waals surface area contributed by atoms with Crippen LogP contribution in [0.1, 0.15) is 5.69 Å². The molecule has 0 fully saturated rings. The summed E-state index contributed by atoms with van der Waals surface area (Å²) >= 11 is 0. The van der Waals surface area contributed by atoms with Crippen LogP contribution >= 0.6 is 0 Å². The molecule has 5 heteroatoms. The van der Waals surface area contributed by atoms with Crippen molar-refractivity contribution < 1.29 is 18.9 Å². The average molecular weight is 313 g/mol. The number of aromatic amines is 1. The van der Waals surface area contributed by atoms with E-state index in [1.165, 1.54) is 0 Å². The van der Waals surface area contributed by atoms with Gasteiger partial charge in [0.2, 0.25) is 0 Å². The minimum Gasteiger partial charge on any atom is -0.496 e. The number of methoxy groups -OCH3 is 3. The van der Waals surface area contributed by atoms with Gasteiger partial charge in [0.05, 0.1) is 26.8 Å². The molecule has 0 saturated carbocycles. The van der Waals surface area contributed by atoms with Crippen LogP contribution in [0.4, 0.5) is 0 Å². The van der Waals surface area contributed by atoms with Crippen molar-refractivity contribution >= 4 is 10.9 Å². The lowest BCUT2D eigenvalue weighted by Gasteiger charge is -2.11. The van der Waals surface area contributed by atoms with Gasteiger partial charge in [0.15, 0.2) is 0 Å². The highest BCUT2D eigenvalue weighted by Gasteiger charge is 2.10. The summed E-state index contributed by atoms with van der Waals surface area (Å²) in [6, 6.07) is 11.3. The Hall–Kier alpha value is -2.82. The second-order valence-electron chi connectivity index (χ2n) is 5.19. The SMILES string of the molecule is COc1cc(OC)cc(Oc2cc(OC)c3cc(C)[nH]c3c2)c1. The van der Waals surface area contributed by atoms with Crippen molar-refractivity contribution in [3.05, 3.63) is 42.1 Å². The molecule has 0 aliphatic heterocycles. The number of aryl methyl sites for hydroxylation is 1. The van der Waals surface area contributed by atoms with Crippen molar-refractivity contribution in [2.75, 3.05) is 21.3 Å². The van der Waals surface area contributed by atoms with E-state index < -0.39 is 0 Å². The maximum Gasteiger partial charge on any atom is 0.134 e. The highest BCUT2D eigenvalue weighted by molar-refractivity contribution is 5.88. The molecule has 0 atom stereocenters. The topological polar surface area (TPSA) is 52.7 Å². The van der Waals surface area contributed by atoms with Crippen LogP contribution < -0.4 is 18.9 Å². The number of fused-ring (bicyclic) bond motifs is 1. The molecule has 0 aliphatic rings. The summed E-state index contributed by atoms with van der Waals surface area (Å²) in [5.41, 5.74) is 2.03. The Morgan fingerprint density at radius 1 is 0.696 bits per heavy atom. The molecule has 5 nitrogen and oxygen atoms in total. The second-order valence-corrected chi connectivity index (χ2v) is 5.19. The van der Waals surface area contributed by atoms with Gasteiger partial charge in [0, 0.05) is 41.4 Å². The minimum absolute atomic E-state index is 0.630. The summed E-state index contributed by atoms with van der Waals surface area (Å²) in [6.45, 7) is 2.01. The summed E-state index contributed by atoms with van der Waals surface area (Å²) < 4.78 is 21.9. The van der Waals surface area contributed by atoms with E-state index in [1.807, 2.05) is 25.1 Å². The lowest BCUT2D eigenvalue weighted by Crippen LogP contribution is -1.91. The Morgan fingerprint density at radius 2 is 1.30 bits per heavy atom. The Bertz CT molecular complexity index is 816. The molecule has 120 valence electrons. The van der Waals surface area contributed by atoms with Gasteiger partial charge in [-0.1, -0.05) is 0 Å². The van der Waals surface area contributed by atoms with E-state index in [0.29, 0.717) is 23.0 Å². The molecule has 0 bridgehead atoms. The second kappa shape index (κ2) is 6.12. The van der Waals surface area contributed by atoms with Gasteiger partial charge in [-0.05, 0) is 13.0 Å². The molecule has 3 aromatic rings. The molecule has 0 spiro atoms. The Kier molecular flexibility index (Phi) is 4.02. The molecule has 2 aromatic carbocycles. The van der Waals surface area contributed by atoms with Crippen molar-refractivity contribution in [2.24, 2.45) is 0 Å². The molecule has 0 amide bonds. The first-order chi connectivity index (χ1) is 11.1. The van der Waals surface area contributed by atoms with Crippen molar-refractivity contribution in [1.82, 2.24) is 4.98 Å². The van der Waals surface area contributed by atoms with Crippen LogP contribution in [-0.4, -0.2) is 26.3 Å². The van der Waals surface area contributed by atoms with Crippen LogP contribution in [0.25, 0.3) is 10.9 Å². The van der Waals surface area contributed by atoms with E-state index in [2.05, 4.69) is 4.98 Å². The summed E-state index contributed by atoms with van der Waals surface area (Å²) in [5, 5.41) is 1.03. The number of rotatable bonds is 5. The molecule has 0 aliphatic carbocycles. The zero-order chi connectivity index (χ0) is 16.4. The normalized spacial score (nSPS) is 10.6. The summed E-state index contributed by atoms with van der Waals surface area (Å²) in [7, 11) is 4.86. The largest absolute Gasteiger partial charge is 0.496 e. The molecular weight excluding hydrogens is 294 g/mol. The average Bonchev–Trinajstić information content (AvgIpc) is 2.93. The van der Waals surface area contributed by atoms with Gasteiger partial charge in [0.25, 0.3) is 0 Å². The third-order valence-corrected chi connectivity index (χ3v) is 3.59. The number of nitrogens with one attached hydrogen (secondary N) is 1. The monoisotopic (exact) mass is 313 g/mol. The predicted octanol–water partition coefficient (Wildman–Crippen LogP) is 4.29. The van der Waals surface area contributed by atoms with E-state index in [1.54, 1.807) is 39.5 Å². The maximum atomic E-state index is 5.96. The molecule has 3 rings (SSSR count). The Morgan fingerprint density at radius 3 is 1.91 bits per heavy atom. The molecule has 1 N–H and O–H groups in total. The summed E-state index contributed by atoms with van der Waals surface area (Å²) in [6.07, 6.45) is 0. The van der Waals surface area contributed by atoms with Crippen LogP contribution in [0.5, 0.6) is 28.7 Å². The zero-order valence-corrected chi connectivity index (χ0v) is 13.6. The fraction of sp³-hybridized carbons (Fsp3) is 0.222. The van der Waals surface area contributed by atoms with E-state index in [-0.39, 0.29) is 0 Å². The van der Waals surface area contributed by atoms with Gasteiger partial charge in [-0.15, -0.1) is 0 Å². The lowest BCUT2D eigenvalue weighted by atomic mass is 10.2. The summed E-state index contributed by atoms with van der Waals surface area (Å²) in [5.74, 6) is 3.40. The van der Waals surface area contributed by atoms with Gasteiger partial charge in [-0.3, -0.25) is 0 Å². The number of hydrogen-bond donors (Lipinski definition) is 1. The minimum atomic E-state index is 0.630. The van der Waals surface area contributed by atoms with Crippen molar-refractivity contribution in [2.45, 2.75) is 6.92 Å². The van der Waals surface area contributed by atoms with Gasteiger partial charge >= 0.3 is 0 Å². The quantitative estimate of drug-likeness (QED) is 0.763. The molecule has 0 saturated heterocycles. The number of hydrogen-bond acceptors (Lipinski definition) is 4. The standard InChI is InChI=1S/C18H19NO4/c1-11-5-16-17(19-11)9-15(10-18(16)22-4)23-14-7-12(20-2)6-13(8-14)21-3/h5-10,19H,1-4H3. The molecule has 23 heavy (non-hydrogen) atoms. The van der Waals surface area contributed by atoms with E-state index in [4.69, 9.17) is 18.9 Å². The number of aromatic nitrogens is 1. The lowest BCUT2D eigenvalue weighted by molar-refractivity contribution is 0.385. The first kappa shape index (κ1) is 15.1. The Labute approximate surface area is 134 Å². The zero-order valence-electron chi connectivity index (χ0n) is 13.6. The molecule has 1 heterocycles. The van der Waals surface area contributed by atoms with Gasteiger partial charge in [-0.2, -0.15) is 0 Å². The summed E-state index contributed by atoms with van der Waals surface area (Å²) in [4.78, 5) is 3.30. The van der Waals surface area contributed by atoms with E-state index in [9.17, 15) is 0 Å². The first-order valence-corrected chi connectivity index (χ1v) is 7.21. The third kappa shape index (κ3) is 3.04. The van der Waals surface area contributed by atoms with Crippen LogP contribution in [0.2, 0.25) is 0 Å². The fourth-order valence-corrected chi connectivity index (χ4v) is 2.52. The van der Waals surface area contributed by atoms with Crippen molar-refractivity contribution in [3.63, 3.8) is 0 Å². The molecule has 0 radical (unpaired) electrons. The fourth-order valence-electron chi connectivity index (χ4n) is 2.52. The van der Waals surface area contributed by atoms with E-state index in [0.717, 1.165) is 22.3 Å². The maximum absolute atomic E-state index is 5.96. The van der Waals surface area contributed by atoms with Crippen molar-refractivity contribution in [3.8, 4) is 28.7 Å². The third-order valence-electron chi connectivity index (χ3n) is 3.59. The van der Waals surface area contributed by atoms with Crippen molar-refractivity contribution in [1.29, 1.82) is 0 Å². The highest BCUT2D eigenvalue weighted by atomic mass is 16.5. The smallest absolute Gasteiger partial charge is 0.134 e. The Balaban J connectivity index is 2.01. The number of ether oxygens (including phenoxy) is 4. The first-order valence-electron chi connectivity index (χ1n) is 7.21. The molecule has 0 unspecified atom stereocenters. The van der Waals surface area contributed by atoms with Crippen LogP contribution in [0.15, 0.2) is 36.4 Å². The van der Waals surface area contributed by atoms with Gasteiger partial charge < -0.3 is 23.9 Å². The van der Waals surface area contributed by atoms with E-state index >= 15 is 0 Å². The van der Waals surface area contributed by atoms with Crippen LogP contribution in [0, 0.1) is 6.92 Å². The van der Waals surface area contributed by atoms with Crippen LogP contribution in [-0.2, 0) is 0 Å². The molecule has 1 aromatic heterocycles.